The van der Waals surface area contributed by atoms with E-state index in [9.17, 15) is 9.59 Å². The first-order valence-electron chi connectivity index (χ1n) is 6.40. The molecule has 2 amide bonds. The number of hydrogen-bond donors (Lipinski definition) is 0. The van der Waals surface area contributed by atoms with Crippen molar-refractivity contribution in [3.05, 3.63) is 60.2 Å². The highest BCUT2D eigenvalue weighted by molar-refractivity contribution is 6.07. The second-order valence-electron chi connectivity index (χ2n) is 4.48. The van der Waals surface area contributed by atoms with Gasteiger partial charge < -0.3 is 4.74 Å². The fourth-order valence-electron chi connectivity index (χ4n) is 2.26. The molecule has 1 heterocycles. The molecule has 0 aliphatic carbocycles. The predicted molar refractivity (Wildman–Crippen MR) is 74.3 cm³/mol. The van der Waals surface area contributed by atoms with E-state index in [1.54, 1.807) is 12.1 Å². The molecule has 20 heavy (non-hydrogen) atoms. The minimum atomic E-state index is -0.571. The maximum absolute atomic E-state index is 12.5. The molecule has 0 saturated carbocycles. The molecule has 2 aromatic carbocycles. The number of carbonyl (C=O) groups is 2. The van der Waals surface area contributed by atoms with E-state index in [0.717, 1.165) is 16.0 Å². The van der Waals surface area contributed by atoms with E-state index in [2.05, 4.69) is 0 Å². The molecule has 3 rings (SSSR count). The minimum Gasteiger partial charge on any atom is -0.447 e. The van der Waals surface area contributed by atoms with E-state index in [0.29, 0.717) is 12.1 Å². The van der Waals surface area contributed by atoms with Crippen molar-refractivity contribution in [1.82, 2.24) is 4.90 Å². The predicted octanol–water partition coefficient (Wildman–Crippen LogP) is 2.95. The van der Waals surface area contributed by atoms with E-state index < -0.39 is 6.09 Å². The third-order valence-corrected chi connectivity index (χ3v) is 3.25. The van der Waals surface area contributed by atoms with Gasteiger partial charge in [0.1, 0.15) is 6.61 Å². The van der Waals surface area contributed by atoms with Gasteiger partial charge in [0.2, 0.25) is 0 Å². The summed E-state index contributed by atoms with van der Waals surface area (Å²) in [7, 11) is 0. The van der Waals surface area contributed by atoms with E-state index >= 15 is 0 Å². The van der Waals surface area contributed by atoms with Crippen LogP contribution in [0.2, 0.25) is 0 Å². The van der Waals surface area contributed by atoms with Gasteiger partial charge in [0, 0.05) is 5.56 Å². The van der Waals surface area contributed by atoms with Crippen LogP contribution in [0.3, 0.4) is 0 Å². The molecular weight excluding hydrogens is 254 g/mol. The van der Waals surface area contributed by atoms with Gasteiger partial charge in [0.25, 0.3) is 5.91 Å². The Kier molecular flexibility index (Phi) is 3.21. The van der Waals surface area contributed by atoms with Crippen molar-refractivity contribution in [3.63, 3.8) is 0 Å². The molecule has 1 aliphatic rings. The summed E-state index contributed by atoms with van der Waals surface area (Å²) in [5, 5.41) is 0. The first-order valence-corrected chi connectivity index (χ1v) is 6.40. The van der Waals surface area contributed by atoms with Gasteiger partial charge in [-0.2, -0.15) is 0 Å². The van der Waals surface area contributed by atoms with Gasteiger partial charge in [-0.25, -0.2) is 9.69 Å². The van der Waals surface area contributed by atoms with Gasteiger partial charge in [0.05, 0.1) is 6.54 Å². The van der Waals surface area contributed by atoms with Crippen molar-refractivity contribution in [2.75, 3.05) is 13.2 Å². The summed E-state index contributed by atoms with van der Waals surface area (Å²) < 4.78 is 4.82. The van der Waals surface area contributed by atoms with Crippen LogP contribution in [-0.4, -0.2) is 30.1 Å². The van der Waals surface area contributed by atoms with Crippen molar-refractivity contribution in [2.24, 2.45) is 0 Å². The number of hydrogen-bond acceptors (Lipinski definition) is 3. The van der Waals surface area contributed by atoms with Crippen LogP contribution < -0.4 is 0 Å². The van der Waals surface area contributed by atoms with Crippen molar-refractivity contribution in [2.45, 2.75) is 0 Å². The fraction of sp³-hybridized carbons (Fsp3) is 0.125. The molecule has 4 nitrogen and oxygen atoms in total. The zero-order valence-electron chi connectivity index (χ0n) is 10.8. The fourth-order valence-corrected chi connectivity index (χ4v) is 2.26. The molecule has 1 fully saturated rings. The zero-order valence-corrected chi connectivity index (χ0v) is 10.8. The molecule has 0 unspecified atom stereocenters. The number of benzene rings is 2. The Morgan fingerprint density at radius 2 is 1.70 bits per heavy atom. The topological polar surface area (TPSA) is 46.6 Å². The lowest BCUT2D eigenvalue weighted by Gasteiger charge is -2.14. The van der Waals surface area contributed by atoms with Gasteiger partial charge in [-0.3, -0.25) is 4.79 Å². The standard InChI is InChI=1S/C16H13NO3/c18-15(17-10-11-20-16(17)19)14-9-5-4-8-13(14)12-6-2-1-3-7-12/h1-9H,10-11H2. The first-order chi connectivity index (χ1) is 9.77. The molecule has 0 aromatic heterocycles. The zero-order chi connectivity index (χ0) is 13.9. The summed E-state index contributed by atoms with van der Waals surface area (Å²) in [6.45, 7) is 0.568. The highest BCUT2D eigenvalue weighted by Crippen LogP contribution is 2.25. The third-order valence-electron chi connectivity index (χ3n) is 3.25. The Balaban J connectivity index is 2.02. The summed E-state index contributed by atoms with van der Waals surface area (Å²) in [6, 6.07) is 16.9. The number of nitrogens with zero attached hydrogens (tertiary/aromatic N) is 1. The molecule has 1 saturated heterocycles. The van der Waals surface area contributed by atoms with Crippen LogP contribution in [0, 0.1) is 0 Å². The second-order valence-corrected chi connectivity index (χ2v) is 4.48. The van der Waals surface area contributed by atoms with Crippen LogP contribution >= 0.6 is 0 Å². The van der Waals surface area contributed by atoms with Gasteiger partial charge in [-0.15, -0.1) is 0 Å². The lowest BCUT2D eigenvalue weighted by molar-refractivity contribution is 0.0810. The normalized spacial score (nSPS) is 14.2. The van der Waals surface area contributed by atoms with Gasteiger partial charge in [-0.1, -0.05) is 48.5 Å². The molecule has 0 N–H and O–H groups in total. The molecule has 0 radical (unpaired) electrons. The number of cyclic esters (lactones) is 1. The maximum Gasteiger partial charge on any atom is 0.416 e. The van der Waals surface area contributed by atoms with E-state index in [1.165, 1.54) is 0 Å². The molecule has 100 valence electrons. The quantitative estimate of drug-likeness (QED) is 0.840. The number of imide groups is 1. The maximum atomic E-state index is 12.5. The first kappa shape index (κ1) is 12.4. The van der Waals surface area contributed by atoms with Crippen molar-refractivity contribution >= 4 is 12.0 Å². The summed E-state index contributed by atoms with van der Waals surface area (Å²) >= 11 is 0. The molecule has 0 spiro atoms. The van der Waals surface area contributed by atoms with E-state index in [-0.39, 0.29) is 12.5 Å². The van der Waals surface area contributed by atoms with Gasteiger partial charge in [-0.05, 0) is 17.2 Å². The lowest BCUT2D eigenvalue weighted by Crippen LogP contribution is -2.31. The Morgan fingerprint density at radius 1 is 1.00 bits per heavy atom. The third kappa shape index (κ3) is 2.16. The minimum absolute atomic E-state index is 0.262. The summed E-state index contributed by atoms with van der Waals surface area (Å²) in [6.07, 6.45) is -0.571. The summed E-state index contributed by atoms with van der Waals surface area (Å²) in [5.74, 6) is -0.313. The van der Waals surface area contributed by atoms with E-state index in [4.69, 9.17) is 4.74 Å². The average Bonchev–Trinajstić information content (AvgIpc) is 2.93. The second kappa shape index (κ2) is 5.17. The molecule has 1 aliphatic heterocycles. The average molecular weight is 267 g/mol. The lowest BCUT2D eigenvalue weighted by atomic mass is 9.99. The van der Waals surface area contributed by atoms with Crippen LogP contribution in [0.4, 0.5) is 4.79 Å². The highest BCUT2D eigenvalue weighted by Gasteiger charge is 2.30. The van der Waals surface area contributed by atoms with Crippen LogP contribution in [0.1, 0.15) is 10.4 Å². The Labute approximate surface area is 116 Å². The monoisotopic (exact) mass is 267 g/mol. The van der Waals surface area contributed by atoms with Gasteiger partial charge >= 0.3 is 6.09 Å². The van der Waals surface area contributed by atoms with Crippen molar-refractivity contribution in [3.8, 4) is 11.1 Å². The molecular formula is C16H13NO3. The SMILES string of the molecule is O=C1OCCN1C(=O)c1ccccc1-c1ccccc1. The Bertz CT molecular complexity index is 652. The molecule has 2 aromatic rings. The number of ether oxygens (including phenoxy) is 1. The van der Waals surface area contributed by atoms with Crippen LogP contribution in [0.15, 0.2) is 54.6 Å². The Morgan fingerprint density at radius 3 is 2.40 bits per heavy atom. The van der Waals surface area contributed by atoms with E-state index in [1.807, 2.05) is 42.5 Å². The van der Waals surface area contributed by atoms with Crippen LogP contribution in [-0.2, 0) is 4.74 Å². The number of carbonyl (C=O) groups excluding carboxylic acids is 2. The smallest absolute Gasteiger partial charge is 0.416 e. The Hall–Kier alpha value is -2.62. The van der Waals surface area contributed by atoms with Crippen molar-refractivity contribution < 1.29 is 14.3 Å². The van der Waals surface area contributed by atoms with Crippen LogP contribution in [0.5, 0.6) is 0 Å². The molecule has 0 atom stereocenters. The number of amides is 2. The number of rotatable bonds is 2. The van der Waals surface area contributed by atoms with Crippen molar-refractivity contribution in [1.29, 1.82) is 0 Å². The summed E-state index contributed by atoms with van der Waals surface area (Å²) in [5.41, 5.74) is 2.28. The molecule has 4 heteroatoms. The highest BCUT2D eigenvalue weighted by atomic mass is 16.6. The molecule has 0 bridgehead atoms. The van der Waals surface area contributed by atoms with Crippen LogP contribution in [0.25, 0.3) is 11.1 Å². The van der Waals surface area contributed by atoms with Gasteiger partial charge in [0.15, 0.2) is 0 Å². The largest absolute Gasteiger partial charge is 0.447 e. The summed E-state index contributed by atoms with van der Waals surface area (Å²) in [4.78, 5) is 25.1.